The van der Waals surface area contributed by atoms with Crippen LogP contribution in [0.15, 0.2) is 42.5 Å². The van der Waals surface area contributed by atoms with Crippen molar-refractivity contribution in [2.24, 2.45) is 0 Å². The van der Waals surface area contributed by atoms with Gasteiger partial charge in [-0.3, -0.25) is 14.9 Å². The van der Waals surface area contributed by atoms with Gasteiger partial charge in [-0.25, -0.2) is 0 Å². The molecule has 0 aliphatic carbocycles. The van der Waals surface area contributed by atoms with E-state index in [9.17, 15) is 14.9 Å². The predicted molar refractivity (Wildman–Crippen MR) is 91.3 cm³/mol. The zero-order valence-electron chi connectivity index (χ0n) is 14.1. The highest BCUT2D eigenvalue weighted by Gasteiger charge is 2.23. The Morgan fingerprint density at radius 3 is 2.54 bits per heavy atom. The van der Waals surface area contributed by atoms with E-state index < -0.39 is 4.92 Å². The lowest BCUT2D eigenvalue weighted by atomic mass is 10.0. The molecule has 2 aromatic carbocycles. The molecule has 0 aromatic heterocycles. The summed E-state index contributed by atoms with van der Waals surface area (Å²) in [4.78, 5) is 24.8. The molecule has 0 aliphatic rings. The Labute approximate surface area is 140 Å². The Kier molecular flexibility index (Phi) is 5.18. The normalized spacial score (nSPS) is 11.7. The average Bonchev–Trinajstić information content (AvgIpc) is 2.59. The summed E-state index contributed by atoms with van der Waals surface area (Å²) < 4.78 is 5.34. The van der Waals surface area contributed by atoms with Crippen molar-refractivity contribution in [1.82, 2.24) is 4.90 Å². The largest absolute Gasteiger partial charge is 0.496 e. The van der Waals surface area contributed by atoms with Crippen LogP contribution in [0, 0.1) is 17.0 Å². The number of amides is 1. The monoisotopic (exact) mass is 328 g/mol. The number of carbonyl (C=O) groups is 1. The van der Waals surface area contributed by atoms with Crippen LogP contribution in [0.3, 0.4) is 0 Å². The molecule has 0 bridgehead atoms. The third-order valence-corrected chi connectivity index (χ3v) is 4.14. The molecule has 0 saturated heterocycles. The van der Waals surface area contributed by atoms with Gasteiger partial charge in [-0.05, 0) is 26.0 Å². The highest BCUT2D eigenvalue weighted by molar-refractivity contribution is 5.95. The Morgan fingerprint density at radius 2 is 1.92 bits per heavy atom. The number of hydrogen-bond donors (Lipinski definition) is 0. The molecule has 0 radical (unpaired) electrons. The smallest absolute Gasteiger partial charge is 0.273 e. The van der Waals surface area contributed by atoms with Crippen LogP contribution in [-0.4, -0.2) is 29.9 Å². The molecule has 6 nitrogen and oxygen atoms in total. The summed E-state index contributed by atoms with van der Waals surface area (Å²) in [5.41, 5.74) is 1.63. The Morgan fingerprint density at radius 1 is 1.25 bits per heavy atom. The van der Waals surface area contributed by atoms with E-state index in [0.717, 1.165) is 5.56 Å². The van der Waals surface area contributed by atoms with Gasteiger partial charge in [0.05, 0.1) is 18.1 Å². The summed E-state index contributed by atoms with van der Waals surface area (Å²) in [5.74, 6) is 0.413. The van der Waals surface area contributed by atoms with Crippen molar-refractivity contribution in [1.29, 1.82) is 0 Å². The fraction of sp³-hybridized carbons (Fsp3) is 0.278. The lowest BCUT2D eigenvalue weighted by Crippen LogP contribution is -2.30. The molecule has 0 spiro atoms. The van der Waals surface area contributed by atoms with Crippen molar-refractivity contribution in [3.63, 3.8) is 0 Å². The minimum absolute atomic E-state index is 0.0563. The van der Waals surface area contributed by atoms with Gasteiger partial charge in [0.25, 0.3) is 11.6 Å². The zero-order chi connectivity index (χ0) is 17.9. The molecular weight excluding hydrogens is 308 g/mol. The summed E-state index contributed by atoms with van der Waals surface area (Å²) >= 11 is 0. The third-order valence-electron chi connectivity index (χ3n) is 4.14. The van der Waals surface area contributed by atoms with E-state index in [2.05, 4.69) is 0 Å². The molecular formula is C18H20N2O4. The van der Waals surface area contributed by atoms with Crippen molar-refractivity contribution >= 4 is 11.6 Å². The van der Waals surface area contributed by atoms with Crippen LogP contribution in [0.25, 0.3) is 0 Å². The van der Waals surface area contributed by atoms with Gasteiger partial charge in [-0.15, -0.1) is 0 Å². The van der Waals surface area contributed by atoms with E-state index in [1.54, 1.807) is 38.1 Å². The summed E-state index contributed by atoms with van der Waals surface area (Å²) in [5, 5.41) is 11.1. The number of rotatable bonds is 5. The fourth-order valence-corrected chi connectivity index (χ4v) is 2.54. The van der Waals surface area contributed by atoms with Gasteiger partial charge >= 0.3 is 0 Å². The number of methoxy groups -OCH3 is 1. The van der Waals surface area contributed by atoms with Gasteiger partial charge < -0.3 is 9.64 Å². The van der Waals surface area contributed by atoms with E-state index in [1.165, 1.54) is 6.07 Å². The number of nitrogens with zero attached hydrogens (tertiary/aromatic N) is 2. The first-order valence-electron chi connectivity index (χ1n) is 7.52. The fourth-order valence-electron chi connectivity index (χ4n) is 2.54. The number of hydrogen-bond acceptors (Lipinski definition) is 4. The van der Waals surface area contributed by atoms with Crippen molar-refractivity contribution in [2.45, 2.75) is 19.9 Å². The summed E-state index contributed by atoms with van der Waals surface area (Å²) in [6.45, 7) is 3.53. The van der Waals surface area contributed by atoms with Gasteiger partial charge in [-0.1, -0.05) is 24.3 Å². The van der Waals surface area contributed by atoms with E-state index in [0.29, 0.717) is 11.3 Å². The van der Waals surface area contributed by atoms with E-state index in [1.807, 2.05) is 31.2 Å². The lowest BCUT2D eigenvalue weighted by molar-refractivity contribution is -0.385. The van der Waals surface area contributed by atoms with Crippen molar-refractivity contribution in [3.8, 4) is 5.75 Å². The Hall–Kier alpha value is -2.89. The Balaban J connectivity index is 2.32. The number of ether oxygens (including phenoxy) is 1. The van der Waals surface area contributed by atoms with Crippen LogP contribution in [0.2, 0.25) is 0 Å². The first-order valence-corrected chi connectivity index (χ1v) is 7.52. The van der Waals surface area contributed by atoms with Crippen LogP contribution < -0.4 is 4.74 Å². The highest BCUT2D eigenvalue weighted by Crippen LogP contribution is 2.29. The summed E-state index contributed by atoms with van der Waals surface area (Å²) in [7, 11) is 3.25. The molecule has 0 fully saturated rings. The highest BCUT2D eigenvalue weighted by atomic mass is 16.6. The molecule has 1 unspecified atom stereocenters. The van der Waals surface area contributed by atoms with Gasteiger partial charge in [0.1, 0.15) is 5.75 Å². The maximum atomic E-state index is 12.7. The molecule has 126 valence electrons. The van der Waals surface area contributed by atoms with E-state index in [4.69, 9.17) is 4.74 Å². The van der Waals surface area contributed by atoms with Gasteiger partial charge in [0.15, 0.2) is 0 Å². The molecule has 0 heterocycles. The van der Waals surface area contributed by atoms with Crippen LogP contribution in [-0.2, 0) is 0 Å². The number of nitro groups is 1. The second kappa shape index (κ2) is 7.12. The van der Waals surface area contributed by atoms with Crippen molar-refractivity contribution in [2.75, 3.05) is 14.2 Å². The van der Waals surface area contributed by atoms with Gasteiger partial charge in [-0.2, -0.15) is 0 Å². The molecule has 6 heteroatoms. The Bertz CT molecular complexity index is 773. The molecule has 1 amide bonds. The summed E-state index contributed by atoms with van der Waals surface area (Å²) in [6.07, 6.45) is 0. The number of benzene rings is 2. The van der Waals surface area contributed by atoms with Crippen LogP contribution in [0.4, 0.5) is 5.69 Å². The molecule has 2 aromatic rings. The van der Waals surface area contributed by atoms with Crippen LogP contribution in [0.1, 0.15) is 34.5 Å². The van der Waals surface area contributed by atoms with E-state index in [-0.39, 0.29) is 23.2 Å². The number of carbonyl (C=O) groups excluding carboxylic acids is 1. The van der Waals surface area contributed by atoms with Crippen LogP contribution in [0.5, 0.6) is 5.75 Å². The molecule has 0 N–H and O–H groups in total. The second-order valence-corrected chi connectivity index (χ2v) is 5.59. The molecule has 1 atom stereocenters. The van der Waals surface area contributed by atoms with E-state index >= 15 is 0 Å². The molecule has 24 heavy (non-hydrogen) atoms. The maximum absolute atomic E-state index is 12.7. The van der Waals surface area contributed by atoms with Crippen molar-refractivity contribution in [3.05, 3.63) is 69.3 Å². The third kappa shape index (κ3) is 3.37. The average molecular weight is 328 g/mol. The minimum atomic E-state index is -0.476. The van der Waals surface area contributed by atoms with Crippen molar-refractivity contribution < 1.29 is 14.5 Å². The molecule has 0 aliphatic heterocycles. The molecule has 2 rings (SSSR count). The minimum Gasteiger partial charge on any atom is -0.496 e. The number of para-hydroxylation sites is 1. The molecule has 0 saturated carbocycles. The number of aryl methyl sites for hydroxylation is 1. The van der Waals surface area contributed by atoms with Crippen LogP contribution >= 0.6 is 0 Å². The number of nitro benzene ring substituents is 1. The first kappa shape index (κ1) is 17.5. The second-order valence-electron chi connectivity index (χ2n) is 5.59. The summed E-state index contributed by atoms with van der Waals surface area (Å²) in [6, 6.07) is 11.7. The lowest BCUT2D eigenvalue weighted by Gasteiger charge is -2.26. The predicted octanol–water partition coefficient (Wildman–Crippen LogP) is 3.75. The maximum Gasteiger partial charge on any atom is 0.273 e. The standard InChI is InChI=1S/C18H20N2O4/c1-12-9-10-14(11-16(12)20(22)23)18(21)19(3)13(2)15-7-5-6-8-17(15)24-4/h5-11,13H,1-4H3. The van der Waals surface area contributed by atoms with Gasteiger partial charge in [0.2, 0.25) is 0 Å². The SMILES string of the molecule is COc1ccccc1C(C)N(C)C(=O)c1ccc(C)c([N+](=O)[O-])c1. The quantitative estimate of drug-likeness (QED) is 0.619. The van der Waals surface area contributed by atoms with Gasteiger partial charge in [0, 0.05) is 29.8 Å². The zero-order valence-corrected chi connectivity index (χ0v) is 14.1. The first-order chi connectivity index (χ1) is 11.4. The topological polar surface area (TPSA) is 72.7 Å².